The van der Waals surface area contributed by atoms with E-state index in [1.54, 1.807) is 20.5 Å². The summed E-state index contributed by atoms with van der Waals surface area (Å²) >= 11 is 0. The molecule has 2 N–H and O–H groups in total. The van der Waals surface area contributed by atoms with E-state index in [9.17, 15) is 0 Å². The highest BCUT2D eigenvalue weighted by atomic mass is 16.5. The van der Waals surface area contributed by atoms with Crippen molar-refractivity contribution in [2.24, 2.45) is 0 Å². The molecule has 0 saturated heterocycles. The summed E-state index contributed by atoms with van der Waals surface area (Å²) in [5.41, 5.74) is 7.70. The summed E-state index contributed by atoms with van der Waals surface area (Å²) in [6.07, 6.45) is 1.74. The molecule has 0 radical (unpaired) electrons. The average Bonchev–Trinajstić information content (AvgIpc) is 2.79. The minimum atomic E-state index is 0.262. The molecule has 1 heterocycles. The fourth-order valence-electron chi connectivity index (χ4n) is 2.06. The Labute approximate surface area is 113 Å². The SMILES string of the molecule is COc1cccc(-c2ncn(C(C)C)c2N)c1OC. The van der Waals surface area contributed by atoms with Crippen molar-refractivity contribution in [1.82, 2.24) is 9.55 Å². The zero-order chi connectivity index (χ0) is 14.0. The maximum atomic E-state index is 6.16. The number of hydrogen-bond acceptors (Lipinski definition) is 4. The first-order valence-electron chi connectivity index (χ1n) is 6.13. The molecule has 2 rings (SSSR count). The minimum Gasteiger partial charge on any atom is -0.493 e. The quantitative estimate of drug-likeness (QED) is 0.919. The monoisotopic (exact) mass is 261 g/mol. The molecule has 0 unspecified atom stereocenters. The maximum absolute atomic E-state index is 6.16. The van der Waals surface area contributed by atoms with Gasteiger partial charge in [0.15, 0.2) is 11.5 Å². The lowest BCUT2D eigenvalue weighted by Crippen LogP contribution is -2.04. The van der Waals surface area contributed by atoms with Gasteiger partial charge in [-0.25, -0.2) is 4.98 Å². The molecule has 19 heavy (non-hydrogen) atoms. The van der Waals surface area contributed by atoms with E-state index in [1.165, 1.54) is 0 Å². The number of rotatable bonds is 4. The molecule has 5 nitrogen and oxygen atoms in total. The predicted octanol–water partition coefficient (Wildman–Crippen LogP) is 2.73. The lowest BCUT2D eigenvalue weighted by molar-refractivity contribution is 0.356. The number of methoxy groups -OCH3 is 2. The number of anilines is 1. The molecule has 1 aromatic heterocycles. The normalized spacial score (nSPS) is 10.8. The van der Waals surface area contributed by atoms with Crippen LogP contribution in [0.15, 0.2) is 24.5 Å². The van der Waals surface area contributed by atoms with Gasteiger partial charge in [0, 0.05) is 11.6 Å². The summed E-state index contributed by atoms with van der Waals surface area (Å²) in [5, 5.41) is 0. The molecule has 5 heteroatoms. The summed E-state index contributed by atoms with van der Waals surface area (Å²) in [4.78, 5) is 4.39. The third-order valence-electron chi connectivity index (χ3n) is 3.05. The molecule has 0 atom stereocenters. The van der Waals surface area contributed by atoms with Crippen LogP contribution < -0.4 is 15.2 Å². The Morgan fingerprint density at radius 2 is 1.95 bits per heavy atom. The molecule has 0 aliphatic carbocycles. The zero-order valence-electron chi connectivity index (χ0n) is 11.7. The molecule has 2 aromatic rings. The lowest BCUT2D eigenvalue weighted by atomic mass is 10.1. The third kappa shape index (κ3) is 2.23. The van der Waals surface area contributed by atoms with Crippen LogP contribution in [0.1, 0.15) is 19.9 Å². The van der Waals surface area contributed by atoms with Gasteiger partial charge in [0.25, 0.3) is 0 Å². The number of nitrogens with two attached hydrogens (primary N) is 1. The van der Waals surface area contributed by atoms with Gasteiger partial charge in [0.1, 0.15) is 11.5 Å². The Bertz CT molecular complexity index is 576. The molecule has 0 fully saturated rings. The molecule has 1 aromatic carbocycles. The minimum absolute atomic E-state index is 0.262. The Morgan fingerprint density at radius 1 is 1.21 bits per heavy atom. The van der Waals surface area contributed by atoms with E-state index in [0.717, 1.165) is 5.56 Å². The topological polar surface area (TPSA) is 62.3 Å². The van der Waals surface area contributed by atoms with Crippen molar-refractivity contribution < 1.29 is 9.47 Å². The Morgan fingerprint density at radius 3 is 2.47 bits per heavy atom. The highest BCUT2D eigenvalue weighted by molar-refractivity contribution is 5.78. The Kier molecular flexibility index (Phi) is 3.64. The molecular weight excluding hydrogens is 242 g/mol. The van der Waals surface area contributed by atoms with Crippen molar-refractivity contribution in [2.75, 3.05) is 20.0 Å². The number of imidazole rings is 1. The van der Waals surface area contributed by atoms with Crippen molar-refractivity contribution in [3.8, 4) is 22.8 Å². The van der Waals surface area contributed by atoms with Crippen LogP contribution in [-0.2, 0) is 0 Å². The van der Waals surface area contributed by atoms with Crippen molar-refractivity contribution in [3.63, 3.8) is 0 Å². The number of nitrogens with zero attached hydrogens (tertiary/aromatic N) is 2. The Hall–Kier alpha value is -2.17. The molecule has 0 aliphatic heterocycles. The maximum Gasteiger partial charge on any atom is 0.170 e. The zero-order valence-corrected chi connectivity index (χ0v) is 11.7. The van der Waals surface area contributed by atoms with Crippen molar-refractivity contribution in [3.05, 3.63) is 24.5 Å². The van der Waals surface area contributed by atoms with E-state index in [-0.39, 0.29) is 6.04 Å². The van der Waals surface area contributed by atoms with E-state index in [0.29, 0.717) is 23.0 Å². The first kappa shape index (κ1) is 13.3. The number of benzene rings is 1. The van der Waals surface area contributed by atoms with Crippen LogP contribution in [0.3, 0.4) is 0 Å². The van der Waals surface area contributed by atoms with Gasteiger partial charge in [-0.2, -0.15) is 0 Å². The van der Waals surface area contributed by atoms with Crippen LogP contribution in [0, 0.1) is 0 Å². The van der Waals surface area contributed by atoms with E-state index >= 15 is 0 Å². The molecular formula is C14H19N3O2. The van der Waals surface area contributed by atoms with Gasteiger partial charge in [-0.1, -0.05) is 6.07 Å². The highest BCUT2D eigenvalue weighted by Gasteiger charge is 2.18. The first-order chi connectivity index (χ1) is 9.10. The van der Waals surface area contributed by atoms with Gasteiger partial charge in [-0.3, -0.25) is 0 Å². The van der Waals surface area contributed by atoms with Crippen LogP contribution in [-0.4, -0.2) is 23.8 Å². The van der Waals surface area contributed by atoms with Crippen LogP contribution in [0.4, 0.5) is 5.82 Å². The number of ether oxygens (including phenoxy) is 2. The smallest absolute Gasteiger partial charge is 0.170 e. The van der Waals surface area contributed by atoms with E-state index in [4.69, 9.17) is 15.2 Å². The van der Waals surface area contributed by atoms with E-state index in [1.807, 2.05) is 22.8 Å². The molecule has 0 saturated carbocycles. The second-order valence-electron chi connectivity index (χ2n) is 4.52. The van der Waals surface area contributed by atoms with Gasteiger partial charge < -0.3 is 19.8 Å². The van der Waals surface area contributed by atoms with Crippen molar-refractivity contribution in [1.29, 1.82) is 0 Å². The predicted molar refractivity (Wildman–Crippen MR) is 75.6 cm³/mol. The van der Waals surface area contributed by atoms with Crippen molar-refractivity contribution in [2.45, 2.75) is 19.9 Å². The first-order valence-corrected chi connectivity index (χ1v) is 6.13. The summed E-state index contributed by atoms with van der Waals surface area (Å²) in [7, 11) is 3.22. The van der Waals surface area contributed by atoms with E-state index in [2.05, 4.69) is 18.8 Å². The lowest BCUT2D eigenvalue weighted by Gasteiger charge is -2.13. The van der Waals surface area contributed by atoms with Crippen LogP contribution in [0.5, 0.6) is 11.5 Å². The number of para-hydroxylation sites is 1. The van der Waals surface area contributed by atoms with Crippen LogP contribution in [0.25, 0.3) is 11.3 Å². The molecule has 0 aliphatic rings. The second-order valence-corrected chi connectivity index (χ2v) is 4.52. The van der Waals surface area contributed by atoms with Crippen LogP contribution in [0.2, 0.25) is 0 Å². The summed E-state index contributed by atoms with van der Waals surface area (Å²) in [6, 6.07) is 5.92. The van der Waals surface area contributed by atoms with Gasteiger partial charge in [0.05, 0.1) is 20.5 Å². The van der Waals surface area contributed by atoms with Gasteiger partial charge >= 0.3 is 0 Å². The number of nitrogen functional groups attached to an aromatic ring is 1. The largest absolute Gasteiger partial charge is 0.493 e. The fraction of sp³-hybridized carbons (Fsp3) is 0.357. The summed E-state index contributed by atoms with van der Waals surface area (Å²) < 4.78 is 12.6. The molecule has 0 amide bonds. The second kappa shape index (κ2) is 5.22. The number of aromatic nitrogens is 2. The molecule has 102 valence electrons. The standard InChI is InChI=1S/C14H19N3O2/c1-9(2)17-8-16-12(14(17)15)10-6-5-7-11(18-3)13(10)19-4/h5-9H,15H2,1-4H3. The molecule has 0 spiro atoms. The van der Waals surface area contributed by atoms with Gasteiger partial charge in [-0.15, -0.1) is 0 Å². The molecule has 0 bridgehead atoms. The number of hydrogen-bond donors (Lipinski definition) is 1. The Balaban J connectivity index is 2.59. The summed E-state index contributed by atoms with van der Waals surface area (Å²) in [5.74, 6) is 1.94. The van der Waals surface area contributed by atoms with Gasteiger partial charge in [0.2, 0.25) is 0 Å². The highest BCUT2D eigenvalue weighted by Crippen LogP contribution is 2.39. The van der Waals surface area contributed by atoms with E-state index < -0.39 is 0 Å². The fourth-order valence-corrected chi connectivity index (χ4v) is 2.06. The van der Waals surface area contributed by atoms with Gasteiger partial charge in [-0.05, 0) is 26.0 Å². The third-order valence-corrected chi connectivity index (χ3v) is 3.05. The summed E-state index contributed by atoms with van der Waals surface area (Å²) in [6.45, 7) is 4.12. The van der Waals surface area contributed by atoms with Crippen LogP contribution >= 0.6 is 0 Å². The van der Waals surface area contributed by atoms with Crippen molar-refractivity contribution >= 4 is 5.82 Å². The average molecular weight is 261 g/mol.